The third kappa shape index (κ3) is 49.4. The summed E-state index contributed by atoms with van der Waals surface area (Å²) in [6.07, 6.45) is 73.1. The molecule has 0 aromatic carbocycles. The van der Waals surface area contributed by atoms with Crippen molar-refractivity contribution in [1.29, 1.82) is 0 Å². The van der Waals surface area contributed by atoms with Crippen LogP contribution >= 0.6 is 7.82 Å². The summed E-state index contributed by atoms with van der Waals surface area (Å²) in [5.74, 6) is -0.400. The van der Waals surface area contributed by atoms with Crippen LogP contribution in [0, 0.1) is 0 Å². The zero-order valence-electron chi connectivity index (χ0n) is 39.9. The minimum absolute atomic E-state index is 0.0712. The van der Waals surface area contributed by atoms with Gasteiger partial charge in [-0.25, -0.2) is 4.57 Å². The Morgan fingerprint density at radius 1 is 0.469 bits per heavy atom. The van der Waals surface area contributed by atoms with Crippen LogP contribution in [0.2, 0.25) is 0 Å². The van der Waals surface area contributed by atoms with Crippen LogP contribution in [0.25, 0.3) is 0 Å². The molecule has 0 heterocycles. The molecule has 0 amide bonds. The Morgan fingerprint density at radius 2 is 0.828 bits per heavy atom. The van der Waals surface area contributed by atoms with Gasteiger partial charge in [0.1, 0.15) is 6.10 Å². The summed E-state index contributed by atoms with van der Waals surface area (Å²) in [7, 11) is -4.32. The third-order valence-electron chi connectivity index (χ3n) is 9.25. The first kappa shape index (κ1) is 60.4. The summed E-state index contributed by atoms with van der Waals surface area (Å²) in [4.78, 5) is 22.6. The number of nitrogens with two attached hydrogens (primary N) is 1. The summed E-state index contributed by atoms with van der Waals surface area (Å²) < 4.78 is 33.5. The van der Waals surface area contributed by atoms with E-state index in [0.29, 0.717) is 13.0 Å². The zero-order chi connectivity index (χ0) is 46.5. The highest BCUT2D eigenvalue weighted by atomic mass is 31.2. The fourth-order valence-corrected chi connectivity index (χ4v) is 6.54. The second-order valence-electron chi connectivity index (χ2n) is 15.2. The van der Waals surface area contributed by atoms with E-state index >= 15 is 0 Å². The lowest BCUT2D eigenvalue weighted by Crippen LogP contribution is -2.28. The van der Waals surface area contributed by atoms with Crippen molar-refractivity contribution in [3.05, 3.63) is 146 Å². The third-order valence-corrected chi connectivity index (χ3v) is 10.2. The molecule has 0 bridgehead atoms. The number of phosphoric ester groups is 1. The molecule has 0 aromatic heterocycles. The highest BCUT2D eigenvalue weighted by Gasteiger charge is 2.25. The van der Waals surface area contributed by atoms with Crippen molar-refractivity contribution in [2.75, 3.05) is 33.0 Å². The Labute approximate surface area is 390 Å². The number of esters is 1. The molecule has 2 unspecified atom stereocenters. The van der Waals surface area contributed by atoms with E-state index in [-0.39, 0.29) is 32.8 Å². The molecule has 0 fully saturated rings. The van der Waals surface area contributed by atoms with Gasteiger partial charge in [-0.1, -0.05) is 185 Å². The average molecular weight is 906 g/mol. The molecular weight excluding hydrogens is 818 g/mol. The summed E-state index contributed by atoms with van der Waals surface area (Å²) >= 11 is 0. The number of rotatable bonds is 44. The molecule has 0 radical (unpaired) electrons. The average Bonchev–Trinajstić information content (AvgIpc) is 3.29. The monoisotopic (exact) mass is 906 g/mol. The van der Waals surface area contributed by atoms with Crippen LogP contribution in [0.4, 0.5) is 0 Å². The molecule has 0 aliphatic rings. The van der Waals surface area contributed by atoms with Crippen LogP contribution < -0.4 is 5.73 Å². The minimum Gasteiger partial charge on any atom is -0.457 e. The first-order valence-corrected chi connectivity index (χ1v) is 25.8. The molecule has 360 valence electrons. The fraction of sp³-hybridized carbons (Fsp3) is 0.545. The molecular formula is C55H88NO7P. The minimum atomic E-state index is -4.32. The van der Waals surface area contributed by atoms with Gasteiger partial charge < -0.3 is 20.1 Å². The maximum Gasteiger partial charge on any atom is 0.472 e. The van der Waals surface area contributed by atoms with Gasteiger partial charge in [0.05, 0.1) is 19.8 Å². The van der Waals surface area contributed by atoms with E-state index in [1.807, 2.05) is 0 Å². The molecule has 3 N–H and O–H groups in total. The SMILES string of the molecule is CC/C=C\C/C=C\C/C=C\C/C=C\C/C=C\C/C=C\C/C=C\CCCC(=O)OC(COCCCCCCCC/C=C\C/C=C\C/C=C\C/C=C\C/C=C\CC)COP(=O)(O)OCCN. The first-order chi connectivity index (χ1) is 31.4. The Morgan fingerprint density at radius 3 is 1.23 bits per heavy atom. The van der Waals surface area contributed by atoms with Crippen LogP contribution in [0.15, 0.2) is 146 Å². The lowest BCUT2D eigenvalue weighted by atomic mass is 10.1. The van der Waals surface area contributed by atoms with Gasteiger partial charge in [0, 0.05) is 19.6 Å². The van der Waals surface area contributed by atoms with Gasteiger partial charge in [-0.15, -0.1) is 0 Å². The molecule has 0 aliphatic heterocycles. The number of unbranched alkanes of at least 4 members (excludes halogenated alkanes) is 7. The van der Waals surface area contributed by atoms with E-state index in [9.17, 15) is 14.3 Å². The molecule has 9 heteroatoms. The van der Waals surface area contributed by atoms with Gasteiger partial charge in [0.15, 0.2) is 0 Å². The molecule has 0 saturated heterocycles. The van der Waals surface area contributed by atoms with Crippen molar-refractivity contribution in [3.8, 4) is 0 Å². The Hall–Kier alpha value is -3.62. The predicted octanol–water partition coefficient (Wildman–Crippen LogP) is 15.3. The second kappa shape index (κ2) is 50.4. The van der Waals surface area contributed by atoms with E-state index in [0.717, 1.165) is 109 Å². The van der Waals surface area contributed by atoms with E-state index in [1.54, 1.807) is 0 Å². The van der Waals surface area contributed by atoms with Crippen molar-refractivity contribution in [2.24, 2.45) is 5.73 Å². The van der Waals surface area contributed by atoms with Crippen molar-refractivity contribution >= 4 is 13.8 Å². The number of hydrogen-bond acceptors (Lipinski definition) is 7. The normalized spacial score (nSPS) is 14.6. The fourth-order valence-electron chi connectivity index (χ4n) is 5.78. The molecule has 0 saturated carbocycles. The first-order valence-electron chi connectivity index (χ1n) is 24.3. The van der Waals surface area contributed by atoms with Crippen LogP contribution in [-0.2, 0) is 27.9 Å². The Balaban J connectivity index is 4.18. The topological polar surface area (TPSA) is 117 Å². The van der Waals surface area contributed by atoms with Crippen molar-refractivity contribution in [2.45, 2.75) is 161 Å². The molecule has 0 rings (SSSR count). The smallest absolute Gasteiger partial charge is 0.457 e. The van der Waals surface area contributed by atoms with Gasteiger partial charge >= 0.3 is 13.8 Å². The highest BCUT2D eigenvalue weighted by Crippen LogP contribution is 2.43. The zero-order valence-corrected chi connectivity index (χ0v) is 40.8. The van der Waals surface area contributed by atoms with E-state index < -0.39 is 19.9 Å². The predicted molar refractivity (Wildman–Crippen MR) is 274 cm³/mol. The quantitative estimate of drug-likeness (QED) is 0.0269. The Kier molecular flexibility index (Phi) is 47.5. The molecule has 8 nitrogen and oxygen atoms in total. The van der Waals surface area contributed by atoms with Gasteiger partial charge in [0.2, 0.25) is 0 Å². The molecule has 2 atom stereocenters. The number of phosphoric acid groups is 1. The molecule has 0 aromatic rings. The van der Waals surface area contributed by atoms with Crippen LogP contribution in [0.5, 0.6) is 0 Å². The standard InChI is InChI=1S/C55H88NO7P/c1-3-5-7-9-11-13-15-17-19-21-23-25-27-28-30-32-34-36-38-40-42-44-46-48-55(57)63-54(53-62-64(58,59)61-51-49-56)52-60-50-47-45-43-41-39-37-35-33-31-29-26-24-22-20-18-16-14-12-10-8-6-4-2/h5-8,11-14,17-20,23-26,28,30-31,33-34,36,40,42,54H,3-4,9-10,15-16,21-22,27,29,32,35,37-39,41,43-53,56H2,1-2H3,(H,58,59)/b7-5-,8-6-,13-11-,14-12-,19-17-,20-18-,25-23-,26-24-,30-28-,33-31-,36-34-,42-40-. The highest BCUT2D eigenvalue weighted by molar-refractivity contribution is 7.47. The van der Waals surface area contributed by atoms with Gasteiger partial charge in [-0.2, -0.15) is 0 Å². The summed E-state index contributed by atoms with van der Waals surface area (Å²) in [5, 5.41) is 0. The number of hydrogen-bond donors (Lipinski definition) is 2. The van der Waals surface area contributed by atoms with Gasteiger partial charge in [-0.3, -0.25) is 13.8 Å². The molecule has 64 heavy (non-hydrogen) atoms. The van der Waals surface area contributed by atoms with E-state index in [2.05, 4.69) is 160 Å². The number of allylic oxidation sites excluding steroid dienone is 24. The van der Waals surface area contributed by atoms with E-state index in [4.69, 9.17) is 24.3 Å². The Bertz CT molecular complexity index is 1480. The van der Waals surface area contributed by atoms with Crippen molar-refractivity contribution in [3.63, 3.8) is 0 Å². The molecule has 0 aliphatic carbocycles. The molecule has 0 spiro atoms. The van der Waals surface area contributed by atoms with Crippen molar-refractivity contribution < 1.29 is 32.8 Å². The van der Waals surface area contributed by atoms with Crippen LogP contribution in [0.1, 0.15) is 155 Å². The largest absolute Gasteiger partial charge is 0.472 e. The lowest BCUT2D eigenvalue weighted by molar-refractivity contribution is -0.154. The number of ether oxygens (including phenoxy) is 2. The maximum atomic E-state index is 12.6. The summed E-state index contributed by atoms with van der Waals surface area (Å²) in [5.41, 5.74) is 5.38. The van der Waals surface area contributed by atoms with E-state index in [1.165, 1.54) is 19.3 Å². The number of carbonyl (C=O) groups excluding carboxylic acids is 1. The van der Waals surface area contributed by atoms with Gasteiger partial charge in [-0.05, 0) is 109 Å². The lowest BCUT2D eigenvalue weighted by Gasteiger charge is -2.20. The maximum absolute atomic E-state index is 12.6. The second-order valence-corrected chi connectivity index (χ2v) is 16.7. The summed E-state index contributed by atoms with van der Waals surface area (Å²) in [6, 6.07) is 0. The van der Waals surface area contributed by atoms with Crippen LogP contribution in [-0.4, -0.2) is 49.9 Å². The van der Waals surface area contributed by atoms with Gasteiger partial charge in [0.25, 0.3) is 0 Å². The number of carbonyl (C=O) groups is 1. The van der Waals surface area contributed by atoms with Crippen LogP contribution in [0.3, 0.4) is 0 Å². The van der Waals surface area contributed by atoms with Crippen molar-refractivity contribution in [1.82, 2.24) is 0 Å². The summed E-state index contributed by atoms with van der Waals surface area (Å²) in [6.45, 7) is 4.53.